The van der Waals surface area contributed by atoms with Crippen LogP contribution in [-0.4, -0.2) is 0 Å². The molecule has 0 saturated carbocycles. The van der Waals surface area contributed by atoms with Crippen molar-refractivity contribution in [2.45, 2.75) is 13.8 Å². The Bertz CT molecular complexity index is 512. The number of hydrogen-bond donors (Lipinski definition) is 4. The van der Waals surface area contributed by atoms with E-state index in [0.717, 1.165) is 11.4 Å². The summed E-state index contributed by atoms with van der Waals surface area (Å²) in [7, 11) is 0. The van der Waals surface area contributed by atoms with Crippen LogP contribution in [0.1, 0.15) is 11.1 Å². The van der Waals surface area contributed by atoms with Gasteiger partial charge in [-0.25, -0.2) is 0 Å². The Morgan fingerprint density at radius 2 is 1.11 bits per heavy atom. The number of nitrogens with two attached hydrogens (primary N) is 2. The third kappa shape index (κ3) is 2.30. The van der Waals surface area contributed by atoms with E-state index >= 15 is 0 Å². The third-order valence-electron chi connectivity index (χ3n) is 3.08. The summed E-state index contributed by atoms with van der Waals surface area (Å²) in [6, 6.07) is 12.1. The predicted octanol–water partition coefficient (Wildman–Crippen LogP) is 2.54. The van der Waals surface area contributed by atoms with Gasteiger partial charge in [-0.1, -0.05) is 12.1 Å². The summed E-state index contributed by atoms with van der Waals surface area (Å²) >= 11 is 0. The number of aryl methyl sites for hydroxylation is 2. The van der Waals surface area contributed by atoms with Gasteiger partial charge in [-0.05, 0) is 60.4 Å². The minimum Gasteiger partial charge on any atom is -0.324 e. The van der Waals surface area contributed by atoms with Crippen LogP contribution in [-0.2, 0) is 0 Å². The van der Waals surface area contributed by atoms with Gasteiger partial charge >= 0.3 is 0 Å². The zero-order valence-electron chi connectivity index (χ0n) is 10.6. The van der Waals surface area contributed by atoms with Gasteiger partial charge in [0.15, 0.2) is 0 Å². The number of rotatable bonds is 3. The van der Waals surface area contributed by atoms with E-state index in [1.165, 1.54) is 22.3 Å². The molecule has 2 aromatic carbocycles. The Labute approximate surface area is 107 Å². The first-order valence-corrected chi connectivity index (χ1v) is 5.80. The first kappa shape index (κ1) is 12.4. The van der Waals surface area contributed by atoms with E-state index < -0.39 is 0 Å². The lowest BCUT2D eigenvalue weighted by Gasteiger charge is -2.12. The van der Waals surface area contributed by atoms with Gasteiger partial charge in [0.1, 0.15) is 0 Å². The molecular formula is C14H18N4. The fourth-order valence-corrected chi connectivity index (χ4v) is 2.11. The van der Waals surface area contributed by atoms with Crippen LogP contribution in [0, 0.1) is 13.8 Å². The third-order valence-corrected chi connectivity index (χ3v) is 3.08. The summed E-state index contributed by atoms with van der Waals surface area (Å²) in [5.74, 6) is 10.8. The van der Waals surface area contributed by atoms with E-state index in [0.29, 0.717) is 0 Å². The van der Waals surface area contributed by atoms with Gasteiger partial charge in [0.2, 0.25) is 0 Å². The van der Waals surface area contributed by atoms with E-state index in [9.17, 15) is 0 Å². The Hall–Kier alpha value is -2.04. The molecule has 0 bridgehead atoms. The molecule has 0 fully saturated rings. The van der Waals surface area contributed by atoms with Crippen LogP contribution in [0.3, 0.4) is 0 Å². The molecule has 0 heterocycles. The summed E-state index contributed by atoms with van der Waals surface area (Å²) in [5, 5.41) is 0. The Kier molecular flexibility index (Phi) is 3.50. The molecule has 0 atom stereocenters. The maximum atomic E-state index is 5.40. The normalized spacial score (nSPS) is 10.2. The molecule has 0 aliphatic heterocycles. The van der Waals surface area contributed by atoms with Crippen molar-refractivity contribution >= 4 is 11.4 Å². The molecule has 0 aliphatic carbocycles. The number of hydrazine groups is 2. The predicted molar refractivity (Wildman–Crippen MR) is 77.0 cm³/mol. The standard InChI is InChI=1S/C14H18N4/c1-9-7-11(17-15)3-5-13(9)14-6-4-12(18-16)8-10(14)2/h3-8,17-18H,15-16H2,1-2H3. The maximum Gasteiger partial charge on any atom is 0.0488 e. The molecule has 0 unspecified atom stereocenters. The summed E-state index contributed by atoms with van der Waals surface area (Å²) in [6.45, 7) is 4.15. The Morgan fingerprint density at radius 1 is 0.722 bits per heavy atom. The Morgan fingerprint density at radius 3 is 1.39 bits per heavy atom. The molecule has 0 radical (unpaired) electrons. The topological polar surface area (TPSA) is 76.1 Å². The van der Waals surface area contributed by atoms with Gasteiger partial charge in [0.25, 0.3) is 0 Å². The van der Waals surface area contributed by atoms with Crippen LogP contribution >= 0.6 is 0 Å². The van der Waals surface area contributed by atoms with Crippen molar-refractivity contribution in [1.29, 1.82) is 0 Å². The van der Waals surface area contributed by atoms with Crippen molar-refractivity contribution in [3.05, 3.63) is 47.5 Å². The average Bonchev–Trinajstić information content (AvgIpc) is 2.39. The van der Waals surface area contributed by atoms with Crippen molar-refractivity contribution < 1.29 is 0 Å². The highest BCUT2D eigenvalue weighted by Crippen LogP contribution is 2.29. The molecule has 0 saturated heterocycles. The number of nitrogen functional groups attached to an aromatic ring is 2. The minimum absolute atomic E-state index is 0.911. The van der Waals surface area contributed by atoms with E-state index in [-0.39, 0.29) is 0 Å². The van der Waals surface area contributed by atoms with Crippen molar-refractivity contribution in [3.63, 3.8) is 0 Å². The lowest BCUT2D eigenvalue weighted by Crippen LogP contribution is -2.07. The average molecular weight is 242 g/mol. The number of nitrogens with one attached hydrogen (secondary N) is 2. The SMILES string of the molecule is Cc1cc(NN)ccc1-c1ccc(NN)cc1C. The van der Waals surface area contributed by atoms with Crippen molar-refractivity contribution in [3.8, 4) is 11.1 Å². The zero-order chi connectivity index (χ0) is 13.1. The van der Waals surface area contributed by atoms with E-state index in [2.05, 4.69) is 36.8 Å². The second-order valence-corrected chi connectivity index (χ2v) is 4.35. The van der Waals surface area contributed by atoms with Gasteiger partial charge in [-0.3, -0.25) is 11.7 Å². The fraction of sp³-hybridized carbons (Fsp3) is 0.143. The summed E-state index contributed by atoms with van der Waals surface area (Å²) in [6.07, 6.45) is 0. The van der Waals surface area contributed by atoms with Gasteiger partial charge in [0.05, 0.1) is 0 Å². The van der Waals surface area contributed by atoms with Crippen LogP contribution in [0.4, 0.5) is 11.4 Å². The number of anilines is 2. The van der Waals surface area contributed by atoms with Gasteiger partial charge in [-0.2, -0.15) is 0 Å². The molecule has 0 amide bonds. The van der Waals surface area contributed by atoms with Gasteiger partial charge < -0.3 is 10.9 Å². The van der Waals surface area contributed by atoms with Gasteiger partial charge in [-0.15, -0.1) is 0 Å². The van der Waals surface area contributed by atoms with Gasteiger partial charge in [0, 0.05) is 11.4 Å². The van der Waals surface area contributed by atoms with E-state index in [4.69, 9.17) is 11.7 Å². The zero-order valence-corrected chi connectivity index (χ0v) is 10.6. The highest BCUT2D eigenvalue weighted by atomic mass is 15.2. The molecule has 18 heavy (non-hydrogen) atoms. The molecule has 94 valence electrons. The minimum atomic E-state index is 0.911. The lowest BCUT2D eigenvalue weighted by atomic mass is 9.96. The molecule has 0 aromatic heterocycles. The fourth-order valence-electron chi connectivity index (χ4n) is 2.11. The van der Waals surface area contributed by atoms with Crippen LogP contribution in [0.15, 0.2) is 36.4 Å². The second-order valence-electron chi connectivity index (χ2n) is 4.35. The van der Waals surface area contributed by atoms with Crippen LogP contribution in [0.25, 0.3) is 11.1 Å². The number of hydrogen-bond acceptors (Lipinski definition) is 4. The first-order chi connectivity index (χ1) is 8.65. The molecule has 4 heteroatoms. The lowest BCUT2D eigenvalue weighted by molar-refractivity contribution is 1.32. The summed E-state index contributed by atoms with van der Waals surface area (Å²) in [5.41, 5.74) is 11.9. The smallest absolute Gasteiger partial charge is 0.0488 e. The van der Waals surface area contributed by atoms with E-state index in [1.807, 2.05) is 24.3 Å². The van der Waals surface area contributed by atoms with E-state index in [1.54, 1.807) is 0 Å². The molecule has 4 nitrogen and oxygen atoms in total. The molecule has 0 spiro atoms. The first-order valence-electron chi connectivity index (χ1n) is 5.80. The van der Waals surface area contributed by atoms with Crippen LogP contribution in [0.2, 0.25) is 0 Å². The van der Waals surface area contributed by atoms with Crippen molar-refractivity contribution in [2.75, 3.05) is 10.9 Å². The number of benzene rings is 2. The van der Waals surface area contributed by atoms with Crippen molar-refractivity contribution in [2.24, 2.45) is 11.7 Å². The quantitative estimate of drug-likeness (QED) is 0.493. The monoisotopic (exact) mass is 242 g/mol. The molecule has 0 aliphatic rings. The van der Waals surface area contributed by atoms with Crippen molar-refractivity contribution in [1.82, 2.24) is 0 Å². The summed E-state index contributed by atoms with van der Waals surface area (Å²) < 4.78 is 0. The molecule has 2 rings (SSSR count). The largest absolute Gasteiger partial charge is 0.324 e. The molecule has 6 N–H and O–H groups in total. The highest BCUT2D eigenvalue weighted by molar-refractivity contribution is 5.74. The molecular weight excluding hydrogens is 224 g/mol. The van der Waals surface area contributed by atoms with Crippen LogP contribution < -0.4 is 22.5 Å². The second kappa shape index (κ2) is 5.08. The maximum absolute atomic E-state index is 5.40. The highest BCUT2D eigenvalue weighted by Gasteiger charge is 2.06. The molecule has 2 aromatic rings. The Balaban J connectivity index is 2.48. The van der Waals surface area contributed by atoms with Crippen LogP contribution in [0.5, 0.6) is 0 Å². The summed E-state index contributed by atoms with van der Waals surface area (Å²) in [4.78, 5) is 0.